The maximum absolute atomic E-state index is 13.8. The van der Waals surface area contributed by atoms with Gasteiger partial charge in [-0.25, -0.2) is 9.78 Å². The van der Waals surface area contributed by atoms with Crippen LogP contribution >= 0.6 is 11.6 Å². The van der Waals surface area contributed by atoms with Gasteiger partial charge in [-0.2, -0.15) is 0 Å². The highest BCUT2D eigenvalue weighted by molar-refractivity contribution is 6.30. The van der Waals surface area contributed by atoms with Crippen LogP contribution in [-0.4, -0.2) is 31.1 Å². The number of aryl methyl sites for hydroxylation is 1. The fourth-order valence-corrected chi connectivity index (χ4v) is 5.68. The SMILES string of the molecule is Cc1ncc(Cl)cc1C(=O)NC1CCC(Cn2c(=O)n(-c3cccc(-c4ncco4)c3)c3ccccc32)CC1. The molecule has 5 aromatic rings. The first-order valence-corrected chi connectivity index (χ1v) is 13.5. The van der Waals surface area contributed by atoms with Crippen molar-refractivity contribution >= 4 is 28.5 Å². The maximum Gasteiger partial charge on any atom is 0.333 e. The summed E-state index contributed by atoms with van der Waals surface area (Å²) < 4.78 is 9.11. The van der Waals surface area contributed by atoms with Gasteiger partial charge >= 0.3 is 5.69 Å². The molecule has 1 aliphatic carbocycles. The minimum absolute atomic E-state index is 0.0693. The van der Waals surface area contributed by atoms with Crippen LogP contribution in [0.2, 0.25) is 5.02 Å². The molecule has 0 bridgehead atoms. The molecule has 1 fully saturated rings. The average molecular weight is 542 g/mol. The molecule has 0 atom stereocenters. The van der Waals surface area contributed by atoms with E-state index in [-0.39, 0.29) is 17.6 Å². The van der Waals surface area contributed by atoms with Gasteiger partial charge in [0.1, 0.15) is 6.26 Å². The number of hydrogen-bond donors (Lipinski definition) is 1. The van der Waals surface area contributed by atoms with Crippen molar-refractivity contribution in [2.24, 2.45) is 5.92 Å². The van der Waals surface area contributed by atoms with E-state index in [1.54, 1.807) is 30.0 Å². The van der Waals surface area contributed by atoms with Gasteiger partial charge in [-0.05, 0) is 74.9 Å². The van der Waals surface area contributed by atoms with Gasteiger partial charge in [0.15, 0.2) is 0 Å². The molecular weight excluding hydrogens is 514 g/mol. The third-order valence-corrected chi connectivity index (χ3v) is 7.75. The van der Waals surface area contributed by atoms with Crippen LogP contribution < -0.4 is 11.0 Å². The quantitative estimate of drug-likeness (QED) is 0.293. The number of imidazole rings is 1. The molecule has 1 aliphatic rings. The van der Waals surface area contributed by atoms with E-state index in [2.05, 4.69) is 15.3 Å². The van der Waals surface area contributed by atoms with Crippen LogP contribution in [0.4, 0.5) is 0 Å². The molecule has 1 amide bonds. The smallest absolute Gasteiger partial charge is 0.333 e. The van der Waals surface area contributed by atoms with Crippen molar-refractivity contribution in [2.75, 3.05) is 0 Å². The second-order valence-electron chi connectivity index (χ2n) is 10.1. The lowest BCUT2D eigenvalue weighted by atomic mass is 9.85. The van der Waals surface area contributed by atoms with E-state index < -0.39 is 0 Å². The minimum Gasteiger partial charge on any atom is -0.445 e. The number of nitrogens with one attached hydrogen (secondary N) is 1. The number of carbonyl (C=O) groups is 1. The Morgan fingerprint density at radius 3 is 2.62 bits per heavy atom. The van der Waals surface area contributed by atoms with E-state index in [1.165, 1.54) is 6.26 Å². The van der Waals surface area contributed by atoms with Gasteiger partial charge in [0.2, 0.25) is 5.89 Å². The Labute approximate surface area is 230 Å². The number of nitrogens with zero attached hydrogens (tertiary/aromatic N) is 4. The standard InChI is InChI=1S/C30H28ClN5O3/c1-19-25(16-22(31)17-33-19)28(37)34-23-11-9-20(10-12-23)18-35-26-7-2-3-8-27(26)36(30(35)38)24-6-4-5-21(15-24)29-32-13-14-39-29/h2-8,13-17,20,23H,9-12,18H2,1H3,(H,34,37). The summed E-state index contributed by atoms with van der Waals surface area (Å²) in [6.07, 6.45) is 8.24. The summed E-state index contributed by atoms with van der Waals surface area (Å²) in [5.74, 6) is 0.708. The number of amides is 1. The first kappa shape index (κ1) is 25.1. The summed E-state index contributed by atoms with van der Waals surface area (Å²) in [4.78, 5) is 35.1. The highest BCUT2D eigenvalue weighted by Gasteiger charge is 2.26. The topological polar surface area (TPSA) is 95.0 Å². The van der Waals surface area contributed by atoms with Gasteiger partial charge < -0.3 is 9.73 Å². The van der Waals surface area contributed by atoms with E-state index in [9.17, 15) is 9.59 Å². The predicted octanol–water partition coefficient (Wildman–Crippen LogP) is 5.79. The molecule has 0 radical (unpaired) electrons. The first-order chi connectivity index (χ1) is 19.0. The van der Waals surface area contributed by atoms with Crippen LogP contribution in [0.25, 0.3) is 28.2 Å². The predicted molar refractivity (Wildman–Crippen MR) is 150 cm³/mol. The van der Waals surface area contributed by atoms with Gasteiger partial charge in [-0.3, -0.25) is 18.9 Å². The third kappa shape index (κ3) is 5.00. The number of benzene rings is 2. The molecule has 6 rings (SSSR count). The molecule has 3 aromatic heterocycles. The van der Waals surface area contributed by atoms with Crippen molar-refractivity contribution in [3.63, 3.8) is 0 Å². The maximum atomic E-state index is 13.8. The number of hydrogen-bond acceptors (Lipinski definition) is 5. The highest BCUT2D eigenvalue weighted by atomic mass is 35.5. The molecule has 39 heavy (non-hydrogen) atoms. The van der Waals surface area contributed by atoms with Crippen LogP contribution in [0.1, 0.15) is 41.7 Å². The van der Waals surface area contributed by atoms with Crippen LogP contribution in [0, 0.1) is 12.8 Å². The van der Waals surface area contributed by atoms with Gasteiger partial charge in [-0.15, -0.1) is 0 Å². The van der Waals surface area contributed by atoms with Crippen LogP contribution in [0.5, 0.6) is 0 Å². The molecular formula is C30H28ClN5O3. The summed E-state index contributed by atoms with van der Waals surface area (Å²) in [5.41, 5.74) is 4.44. The molecule has 198 valence electrons. The average Bonchev–Trinajstić information content (AvgIpc) is 3.58. The molecule has 1 N–H and O–H groups in total. The van der Waals surface area contributed by atoms with Crippen molar-refractivity contribution in [3.05, 3.63) is 100 Å². The number of rotatable bonds is 6. The molecule has 1 saturated carbocycles. The van der Waals surface area contributed by atoms with E-state index in [1.807, 2.05) is 53.1 Å². The molecule has 2 aromatic carbocycles. The molecule has 8 nitrogen and oxygen atoms in total. The van der Waals surface area contributed by atoms with Crippen molar-refractivity contribution < 1.29 is 9.21 Å². The Morgan fingerprint density at radius 1 is 1.05 bits per heavy atom. The number of para-hydroxylation sites is 2. The van der Waals surface area contributed by atoms with E-state index in [4.69, 9.17) is 16.0 Å². The Morgan fingerprint density at radius 2 is 1.85 bits per heavy atom. The van der Waals surface area contributed by atoms with Gasteiger partial charge in [0.05, 0.1) is 39.2 Å². The second kappa shape index (κ2) is 10.5. The van der Waals surface area contributed by atoms with Crippen LogP contribution in [-0.2, 0) is 6.54 Å². The van der Waals surface area contributed by atoms with E-state index in [0.717, 1.165) is 48.0 Å². The van der Waals surface area contributed by atoms with Crippen molar-refractivity contribution in [2.45, 2.75) is 45.2 Å². The van der Waals surface area contributed by atoms with Crippen molar-refractivity contribution in [1.29, 1.82) is 0 Å². The lowest BCUT2D eigenvalue weighted by molar-refractivity contribution is 0.0919. The Bertz CT molecular complexity index is 1700. The van der Waals surface area contributed by atoms with E-state index >= 15 is 0 Å². The molecule has 9 heteroatoms. The molecule has 0 unspecified atom stereocenters. The number of pyridine rings is 1. The van der Waals surface area contributed by atoms with Crippen molar-refractivity contribution in [1.82, 2.24) is 24.4 Å². The zero-order valence-electron chi connectivity index (χ0n) is 21.5. The third-order valence-electron chi connectivity index (χ3n) is 7.54. The fraction of sp³-hybridized carbons (Fsp3) is 0.267. The largest absolute Gasteiger partial charge is 0.445 e. The lowest BCUT2D eigenvalue weighted by Crippen LogP contribution is -2.39. The summed E-state index contributed by atoms with van der Waals surface area (Å²) in [6.45, 7) is 2.43. The number of halogens is 1. The molecule has 3 heterocycles. The molecule has 0 aliphatic heterocycles. The van der Waals surface area contributed by atoms with Gasteiger partial charge in [0, 0.05) is 24.3 Å². The monoisotopic (exact) mass is 541 g/mol. The first-order valence-electron chi connectivity index (χ1n) is 13.1. The van der Waals surface area contributed by atoms with Crippen molar-refractivity contribution in [3.8, 4) is 17.1 Å². The summed E-state index contributed by atoms with van der Waals surface area (Å²) in [6, 6.07) is 17.3. The van der Waals surface area contributed by atoms with Gasteiger partial charge in [-0.1, -0.05) is 29.8 Å². The van der Waals surface area contributed by atoms with Crippen LogP contribution in [0.15, 0.2) is 82.5 Å². The number of aromatic nitrogens is 4. The number of carbonyl (C=O) groups excluding carboxylic acids is 1. The Balaban J connectivity index is 1.20. The summed E-state index contributed by atoms with van der Waals surface area (Å²) >= 11 is 6.05. The van der Waals surface area contributed by atoms with Gasteiger partial charge in [0.25, 0.3) is 5.91 Å². The summed E-state index contributed by atoms with van der Waals surface area (Å²) in [5, 5.41) is 3.60. The second-order valence-corrected chi connectivity index (χ2v) is 10.5. The normalized spacial score (nSPS) is 17.4. The van der Waals surface area contributed by atoms with Crippen LogP contribution in [0.3, 0.4) is 0 Å². The Hall–Kier alpha value is -4.17. The minimum atomic E-state index is -0.141. The fourth-order valence-electron chi connectivity index (χ4n) is 5.53. The Kier molecular flexibility index (Phi) is 6.79. The molecule has 0 spiro atoms. The number of oxazole rings is 1. The zero-order valence-corrected chi connectivity index (χ0v) is 22.3. The zero-order chi connectivity index (χ0) is 26.9. The van der Waals surface area contributed by atoms with E-state index in [0.29, 0.717) is 34.6 Å². The number of fused-ring (bicyclic) bond motifs is 1. The lowest BCUT2D eigenvalue weighted by Gasteiger charge is -2.29. The summed E-state index contributed by atoms with van der Waals surface area (Å²) in [7, 11) is 0. The molecule has 0 saturated heterocycles. The highest BCUT2D eigenvalue weighted by Crippen LogP contribution is 2.28.